The van der Waals surface area contributed by atoms with Crippen LogP contribution in [-0.4, -0.2) is 56.1 Å². The Morgan fingerprint density at radius 3 is 2.22 bits per heavy atom. The predicted molar refractivity (Wildman–Crippen MR) is 160 cm³/mol. The van der Waals surface area contributed by atoms with E-state index in [1.165, 1.54) is 37.2 Å². The molecule has 3 rings (SSSR count). The summed E-state index contributed by atoms with van der Waals surface area (Å²) in [4.78, 5) is 43.6. The maximum Gasteiger partial charge on any atom is 0.420 e. The van der Waals surface area contributed by atoms with E-state index < -0.39 is 47.8 Å². The number of carbonyl (C=O) groups is 3. The summed E-state index contributed by atoms with van der Waals surface area (Å²) in [6.45, 7) is 11.1. The molecular formula is C31H37FN6O7. The number of ether oxygens (including phenoxy) is 4. The number of benzene rings is 1. The van der Waals surface area contributed by atoms with Crippen molar-refractivity contribution >= 4 is 24.0 Å². The molecule has 2 heterocycles. The number of nitrogens with two attached hydrogens (primary N) is 1. The van der Waals surface area contributed by atoms with Crippen LogP contribution in [0.15, 0.2) is 30.5 Å². The van der Waals surface area contributed by atoms with Gasteiger partial charge in [0.2, 0.25) is 0 Å². The van der Waals surface area contributed by atoms with Gasteiger partial charge in [0.1, 0.15) is 34.9 Å². The van der Waals surface area contributed by atoms with Crippen molar-refractivity contribution < 1.29 is 37.7 Å². The van der Waals surface area contributed by atoms with E-state index in [1.54, 1.807) is 48.5 Å². The van der Waals surface area contributed by atoms with E-state index >= 15 is 0 Å². The Morgan fingerprint density at radius 2 is 1.69 bits per heavy atom. The fourth-order valence-electron chi connectivity index (χ4n) is 4.22. The van der Waals surface area contributed by atoms with Gasteiger partial charge in [-0.15, -0.1) is 0 Å². The number of aromatic nitrogens is 3. The fourth-order valence-corrected chi connectivity index (χ4v) is 4.22. The lowest BCUT2D eigenvalue weighted by atomic mass is 10.0. The molecule has 3 aromatic rings. The molecule has 240 valence electrons. The van der Waals surface area contributed by atoms with E-state index in [2.05, 4.69) is 16.2 Å². The topological polar surface area (TPSA) is 172 Å². The van der Waals surface area contributed by atoms with Crippen LogP contribution >= 0.6 is 0 Å². The number of rotatable bonds is 7. The van der Waals surface area contributed by atoms with E-state index in [9.17, 15) is 24.0 Å². The van der Waals surface area contributed by atoms with Gasteiger partial charge in [0.25, 0.3) is 0 Å². The number of carbonyl (C=O) groups excluding carboxylic acids is 3. The molecule has 0 aliphatic carbocycles. The van der Waals surface area contributed by atoms with Crippen LogP contribution in [0.3, 0.4) is 0 Å². The Kier molecular flexibility index (Phi) is 10.1. The van der Waals surface area contributed by atoms with Crippen LogP contribution in [0, 0.1) is 17.1 Å². The third kappa shape index (κ3) is 8.47. The molecular weight excluding hydrogens is 587 g/mol. The van der Waals surface area contributed by atoms with Crippen LogP contribution in [0.2, 0.25) is 0 Å². The van der Waals surface area contributed by atoms with Gasteiger partial charge in [0.15, 0.2) is 11.6 Å². The Labute approximate surface area is 260 Å². The minimum Gasteiger partial charge on any atom is -0.482 e. The lowest BCUT2D eigenvalue weighted by molar-refractivity contribution is -0.000511. The van der Waals surface area contributed by atoms with Crippen LogP contribution in [-0.2, 0) is 27.8 Å². The number of methoxy groups -OCH3 is 1. The van der Waals surface area contributed by atoms with Gasteiger partial charge < -0.3 is 24.7 Å². The average Bonchev–Trinajstić information content (AvgIpc) is 3.24. The zero-order chi connectivity index (χ0) is 33.9. The zero-order valence-corrected chi connectivity index (χ0v) is 26.7. The van der Waals surface area contributed by atoms with Crippen molar-refractivity contribution in [3.05, 3.63) is 58.8 Å². The molecule has 0 unspecified atom stereocenters. The van der Waals surface area contributed by atoms with E-state index in [-0.39, 0.29) is 39.6 Å². The zero-order valence-electron chi connectivity index (χ0n) is 26.7. The Bertz CT molecular complexity index is 1620. The summed E-state index contributed by atoms with van der Waals surface area (Å²) in [7, 11) is 2.73. The molecule has 2 aromatic heterocycles. The molecule has 0 spiro atoms. The maximum atomic E-state index is 14.2. The van der Waals surface area contributed by atoms with E-state index in [1.807, 2.05) is 0 Å². The molecule has 0 saturated carbocycles. The molecule has 0 aliphatic rings. The van der Waals surface area contributed by atoms with Gasteiger partial charge in [-0.1, -0.05) is 0 Å². The first-order valence-electron chi connectivity index (χ1n) is 13.8. The van der Waals surface area contributed by atoms with E-state index in [0.29, 0.717) is 5.56 Å². The lowest BCUT2D eigenvalue weighted by Gasteiger charge is -2.28. The minimum absolute atomic E-state index is 0.0327. The maximum absolute atomic E-state index is 14.2. The summed E-state index contributed by atoms with van der Waals surface area (Å²) in [5.41, 5.74) is 5.35. The number of amides is 2. The molecule has 2 N–H and O–H groups in total. The summed E-state index contributed by atoms with van der Waals surface area (Å²) in [5.74, 6) is -1.26. The summed E-state index contributed by atoms with van der Waals surface area (Å²) < 4.78 is 37.2. The van der Waals surface area contributed by atoms with Gasteiger partial charge in [0.05, 0.1) is 24.9 Å². The van der Waals surface area contributed by atoms with E-state index in [0.717, 1.165) is 17.0 Å². The van der Waals surface area contributed by atoms with Crippen LogP contribution in [0.25, 0.3) is 11.1 Å². The number of halogens is 1. The van der Waals surface area contributed by atoms with Gasteiger partial charge >= 0.3 is 18.2 Å². The number of hydrogen-bond donors (Lipinski definition) is 1. The highest BCUT2D eigenvalue weighted by Gasteiger charge is 2.34. The molecule has 13 nitrogen and oxygen atoms in total. The molecule has 1 aromatic carbocycles. The highest BCUT2D eigenvalue weighted by Crippen LogP contribution is 2.35. The largest absolute Gasteiger partial charge is 0.482 e. The highest BCUT2D eigenvalue weighted by molar-refractivity contribution is 5.91. The Hall–Kier alpha value is -5.19. The van der Waals surface area contributed by atoms with Crippen molar-refractivity contribution in [2.24, 2.45) is 7.05 Å². The van der Waals surface area contributed by atoms with Crippen molar-refractivity contribution in [2.75, 3.05) is 12.8 Å². The van der Waals surface area contributed by atoms with Crippen molar-refractivity contribution in [2.45, 2.75) is 72.3 Å². The number of pyridine rings is 1. The monoisotopic (exact) mass is 624 g/mol. The predicted octanol–water partition coefficient (Wildman–Crippen LogP) is 5.67. The molecule has 0 saturated heterocycles. The van der Waals surface area contributed by atoms with Gasteiger partial charge in [-0.25, -0.2) is 28.7 Å². The molecule has 0 fully saturated rings. The van der Waals surface area contributed by atoms with Crippen molar-refractivity contribution in [1.29, 1.82) is 5.26 Å². The summed E-state index contributed by atoms with van der Waals surface area (Å²) in [6.07, 6.45) is -1.47. The number of imide groups is 1. The second kappa shape index (κ2) is 13.2. The van der Waals surface area contributed by atoms with Crippen LogP contribution in [0.1, 0.15) is 81.9 Å². The number of nitrogen functional groups attached to an aromatic ring is 1. The second-order valence-electron chi connectivity index (χ2n) is 12.0. The summed E-state index contributed by atoms with van der Waals surface area (Å²) >= 11 is 0. The number of nitriles is 1. The average molecular weight is 625 g/mol. The van der Waals surface area contributed by atoms with Crippen molar-refractivity contribution in [3.63, 3.8) is 0 Å². The normalized spacial score (nSPS) is 12.1. The Balaban J connectivity index is 2.09. The molecule has 1 atom stereocenters. The Morgan fingerprint density at radius 1 is 1.09 bits per heavy atom. The van der Waals surface area contributed by atoms with Gasteiger partial charge in [0, 0.05) is 29.9 Å². The number of nitrogens with zero attached hydrogens (tertiary/aromatic N) is 5. The van der Waals surface area contributed by atoms with E-state index in [4.69, 9.17) is 24.7 Å². The molecule has 2 amide bonds. The fraction of sp³-hybridized carbons (Fsp3) is 0.419. The molecule has 0 radical (unpaired) electrons. The number of anilines is 1. The van der Waals surface area contributed by atoms with Crippen LogP contribution in [0.4, 0.5) is 19.8 Å². The second-order valence-corrected chi connectivity index (χ2v) is 12.0. The number of aryl methyl sites for hydroxylation is 1. The molecule has 14 heteroatoms. The molecule has 45 heavy (non-hydrogen) atoms. The smallest absolute Gasteiger partial charge is 0.420 e. The third-order valence-electron chi connectivity index (χ3n) is 6.09. The summed E-state index contributed by atoms with van der Waals surface area (Å²) in [6, 6.07) is 7.14. The summed E-state index contributed by atoms with van der Waals surface area (Å²) in [5, 5.41) is 14.4. The number of hydrogen-bond acceptors (Lipinski definition) is 11. The standard InChI is InChI=1S/C31H37FN6O7/c1-17(21-13-19(32)10-11-20(21)27(39)42-9)43-24-12-18(15-35-26(24)34)25-22(36-37(8)23(25)14-33)16-38(28(40)44-30(2,3)4)29(41)45-31(5,6)7/h10-13,15,17H,16H2,1-9H3,(H2,34,35)/t17-/m1/s1. The first-order valence-corrected chi connectivity index (χ1v) is 13.8. The van der Waals surface area contributed by atoms with Crippen molar-refractivity contribution in [1.82, 2.24) is 19.7 Å². The minimum atomic E-state index is -0.975. The van der Waals surface area contributed by atoms with Crippen LogP contribution in [0.5, 0.6) is 5.75 Å². The van der Waals surface area contributed by atoms with Crippen LogP contribution < -0.4 is 10.5 Å². The lowest BCUT2D eigenvalue weighted by Crippen LogP contribution is -2.43. The van der Waals surface area contributed by atoms with Gasteiger partial charge in [-0.3, -0.25) is 4.68 Å². The highest BCUT2D eigenvalue weighted by atomic mass is 19.1. The first-order chi connectivity index (χ1) is 20.8. The van der Waals surface area contributed by atoms with Gasteiger partial charge in [-0.05, 0) is 72.7 Å². The molecule has 0 bridgehead atoms. The quantitative estimate of drug-likeness (QED) is 0.253. The SMILES string of the molecule is COC(=O)c1ccc(F)cc1[C@@H](C)Oc1cc(-c2c(CN(C(=O)OC(C)(C)C)C(=O)OC(C)(C)C)nn(C)c2C#N)cnc1N. The molecule has 0 aliphatic heterocycles. The third-order valence-corrected chi connectivity index (χ3v) is 6.09. The first kappa shape index (κ1) is 34.3. The van der Waals surface area contributed by atoms with Crippen molar-refractivity contribution in [3.8, 4) is 22.9 Å². The van der Waals surface area contributed by atoms with Gasteiger partial charge in [-0.2, -0.15) is 10.4 Å². The number of esters is 1.